The Morgan fingerprint density at radius 3 is 2.22 bits per heavy atom. The number of H-pyrrole nitrogens is 1. The van der Waals surface area contributed by atoms with Crippen LogP contribution in [-0.2, 0) is 55.2 Å². The minimum absolute atomic E-state index is 0.0675. The molecule has 2 aromatic rings. The summed E-state index contributed by atoms with van der Waals surface area (Å²) in [5.41, 5.74) is 7.14. The highest BCUT2D eigenvalue weighted by Gasteiger charge is 2.37. The van der Waals surface area contributed by atoms with Crippen molar-refractivity contribution in [1.29, 1.82) is 0 Å². The lowest BCUT2D eigenvalue weighted by Crippen LogP contribution is -2.61. The summed E-state index contributed by atoms with van der Waals surface area (Å²) in [6.07, 6.45) is 6.34. The average molecular weight is 835 g/mol. The van der Waals surface area contributed by atoms with E-state index in [0.717, 1.165) is 25.7 Å². The zero-order chi connectivity index (χ0) is 42.8. The Kier molecular flexibility index (Phi) is 19.5. The number of aryl methyl sites for hydroxylation is 1. The van der Waals surface area contributed by atoms with Crippen LogP contribution in [-0.4, -0.2) is 116 Å². The Bertz CT molecular complexity index is 1700. The number of rotatable bonds is 25. The molecule has 2 heterocycles. The Labute approximate surface area is 338 Å². The van der Waals surface area contributed by atoms with E-state index in [2.05, 4.69) is 31.2 Å². The molecule has 20 heteroatoms. The predicted molar refractivity (Wildman–Crippen MR) is 211 cm³/mol. The zero-order valence-electron chi connectivity index (χ0n) is 33.6. The molecule has 0 radical (unpaired) electrons. The lowest BCUT2D eigenvalue weighted by Gasteiger charge is -2.28. The summed E-state index contributed by atoms with van der Waals surface area (Å²) in [5, 5.41) is 20.1. The fourth-order valence-corrected chi connectivity index (χ4v) is 7.50. The van der Waals surface area contributed by atoms with Gasteiger partial charge in [-0.1, -0.05) is 57.0 Å². The van der Waals surface area contributed by atoms with Gasteiger partial charge in [-0.15, -0.1) is 0 Å². The second kappa shape index (κ2) is 23.7. The van der Waals surface area contributed by atoms with Crippen molar-refractivity contribution < 1.29 is 52.4 Å². The second-order valence-corrected chi connectivity index (χ2v) is 16.2. The van der Waals surface area contributed by atoms with Crippen LogP contribution in [0.15, 0.2) is 42.9 Å². The SMILES string of the molecule is CC(=O)N1CCC[C@H]1C(=O)N[C@@H](CC(C)C)C(=O)N[C@@H](Cc1cnc[nH]1)C(=O)N[C@@H](CO)C(=O)N[C@H](C(N)=O)[C@@H](C)OP(=O)(O)OCCCCCCc1ccccc1. The maximum atomic E-state index is 13.7. The standard InChI is InChI=1S/C38H59N8O11P/c1-24(2)19-29(43-38(53)32-16-12-17-46(32)26(4)48)35(50)42-30(20-28-21-40-23-41-28)36(51)44-31(22-47)37(52)45-33(34(39)49)25(3)57-58(54,55)56-18-11-6-5-8-13-27-14-9-7-10-15-27/h7,9-10,14-15,21,23-25,29-33,47H,5-6,8,11-13,16-20,22H2,1-4H3,(H2,39,49)(H,40,41)(H,42,50)(H,43,53)(H,44,51)(H,45,52)(H,54,55)/t25-,29+,30+,31+,32+,33+/m1/s1. The fourth-order valence-electron chi connectivity index (χ4n) is 6.54. The van der Waals surface area contributed by atoms with E-state index in [1.165, 1.54) is 36.8 Å². The second-order valence-electron chi connectivity index (χ2n) is 14.8. The molecule has 3 rings (SSSR count). The molecule has 1 aromatic heterocycles. The number of nitrogens with zero attached hydrogens (tertiary/aromatic N) is 2. The van der Waals surface area contributed by atoms with Gasteiger partial charge in [0.2, 0.25) is 35.4 Å². The highest BCUT2D eigenvalue weighted by atomic mass is 31.2. The number of aromatic nitrogens is 2. The van der Waals surface area contributed by atoms with Gasteiger partial charge in [-0.2, -0.15) is 0 Å². The molecule has 7 atom stereocenters. The van der Waals surface area contributed by atoms with Gasteiger partial charge < -0.3 is 46.9 Å². The van der Waals surface area contributed by atoms with Gasteiger partial charge in [-0.3, -0.25) is 37.8 Å². The van der Waals surface area contributed by atoms with Gasteiger partial charge >= 0.3 is 7.82 Å². The summed E-state index contributed by atoms with van der Waals surface area (Å²) in [5.74, 6) is -4.70. The molecule has 0 aliphatic carbocycles. The quantitative estimate of drug-likeness (QED) is 0.0508. The number of imidazole rings is 1. The first-order chi connectivity index (χ1) is 27.5. The summed E-state index contributed by atoms with van der Waals surface area (Å²) >= 11 is 0. The van der Waals surface area contributed by atoms with Crippen LogP contribution in [0.1, 0.15) is 83.9 Å². The Morgan fingerprint density at radius 1 is 0.948 bits per heavy atom. The van der Waals surface area contributed by atoms with E-state index in [-0.39, 0.29) is 31.3 Å². The number of phosphoric acid groups is 1. The summed E-state index contributed by atoms with van der Waals surface area (Å²) in [6.45, 7) is 5.62. The van der Waals surface area contributed by atoms with E-state index in [4.69, 9.17) is 14.8 Å². The third-order valence-electron chi connectivity index (χ3n) is 9.56. The fraction of sp³-hybridized carbons (Fsp3) is 0.605. The van der Waals surface area contributed by atoms with Gasteiger partial charge in [-0.25, -0.2) is 9.55 Å². The molecule has 1 saturated heterocycles. The topological polar surface area (TPSA) is 284 Å². The molecule has 6 amide bonds. The third-order valence-corrected chi connectivity index (χ3v) is 10.7. The predicted octanol–water partition coefficient (Wildman–Crippen LogP) is 0.751. The number of carbonyl (C=O) groups is 6. The number of phosphoric ester groups is 1. The van der Waals surface area contributed by atoms with Crippen molar-refractivity contribution in [2.75, 3.05) is 19.8 Å². The number of hydrogen-bond donors (Lipinski definition) is 8. The minimum Gasteiger partial charge on any atom is -0.394 e. The Morgan fingerprint density at radius 2 is 1.60 bits per heavy atom. The number of hydrogen-bond acceptors (Lipinski definition) is 11. The van der Waals surface area contributed by atoms with Crippen LogP contribution in [0.2, 0.25) is 0 Å². The number of amides is 6. The molecule has 19 nitrogen and oxygen atoms in total. The van der Waals surface area contributed by atoms with Crippen LogP contribution >= 0.6 is 7.82 Å². The molecule has 0 bridgehead atoms. The van der Waals surface area contributed by atoms with E-state index in [9.17, 15) is 43.3 Å². The molecule has 1 fully saturated rings. The maximum Gasteiger partial charge on any atom is 0.472 e. The van der Waals surface area contributed by atoms with Crippen molar-refractivity contribution in [1.82, 2.24) is 36.1 Å². The van der Waals surface area contributed by atoms with E-state index in [1.807, 2.05) is 44.2 Å². The minimum atomic E-state index is -4.71. The molecular weight excluding hydrogens is 775 g/mol. The Balaban J connectivity index is 1.60. The van der Waals surface area contributed by atoms with E-state index in [1.54, 1.807) is 0 Å². The largest absolute Gasteiger partial charge is 0.472 e. The average Bonchev–Trinajstić information content (AvgIpc) is 3.88. The normalized spacial score (nSPS) is 17.6. The van der Waals surface area contributed by atoms with Gasteiger partial charge in [-0.05, 0) is 56.9 Å². The molecular formula is C38H59N8O11P. The molecule has 9 N–H and O–H groups in total. The summed E-state index contributed by atoms with van der Waals surface area (Å²) in [6, 6.07) is 3.42. The number of benzene rings is 1. The highest BCUT2D eigenvalue weighted by molar-refractivity contribution is 7.47. The number of nitrogens with two attached hydrogens (primary N) is 1. The number of nitrogens with one attached hydrogen (secondary N) is 5. The Hall–Kier alpha value is -4.68. The van der Waals surface area contributed by atoms with Gasteiger partial charge in [0, 0.05) is 31.8 Å². The smallest absolute Gasteiger partial charge is 0.394 e. The number of primary amides is 1. The van der Waals surface area contributed by atoms with Crippen LogP contribution < -0.4 is 27.0 Å². The number of carbonyl (C=O) groups excluding carboxylic acids is 6. The number of aromatic amines is 1. The van der Waals surface area contributed by atoms with E-state index in [0.29, 0.717) is 31.5 Å². The van der Waals surface area contributed by atoms with E-state index >= 15 is 0 Å². The monoisotopic (exact) mass is 834 g/mol. The zero-order valence-corrected chi connectivity index (χ0v) is 34.5. The number of aliphatic hydroxyl groups is 1. The van der Waals surface area contributed by atoms with Crippen molar-refractivity contribution in [2.24, 2.45) is 11.7 Å². The maximum absolute atomic E-state index is 13.7. The van der Waals surface area contributed by atoms with Crippen LogP contribution in [0, 0.1) is 5.92 Å². The first-order valence-corrected chi connectivity index (χ1v) is 21.1. The molecule has 58 heavy (non-hydrogen) atoms. The number of likely N-dealkylation sites (tertiary alicyclic amines) is 1. The van der Waals surface area contributed by atoms with Crippen LogP contribution in [0.25, 0.3) is 0 Å². The van der Waals surface area contributed by atoms with Crippen LogP contribution in [0.3, 0.4) is 0 Å². The highest BCUT2D eigenvalue weighted by Crippen LogP contribution is 2.45. The molecule has 1 unspecified atom stereocenters. The first-order valence-electron chi connectivity index (χ1n) is 19.6. The van der Waals surface area contributed by atoms with Crippen LogP contribution in [0.4, 0.5) is 0 Å². The number of unbranched alkanes of at least 4 members (excludes halogenated alkanes) is 3. The molecule has 0 saturated carbocycles. The van der Waals surface area contributed by atoms with Gasteiger partial charge in [0.1, 0.15) is 30.2 Å². The molecule has 1 aliphatic heterocycles. The van der Waals surface area contributed by atoms with E-state index < -0.39 is 80.3 Å². The summed E-state index contributed by atoms with van der Waals surface area (Å²) < 4.78 is 22.9. The summed E-state index contributed by atoms with van der Waals surface area (Å²) in [4.78, 5) is 96.9. The van der Waals surface area contributed by atoms with Gasteiger partial charge in [0.05, 0.1) is 25.6 Å². The lowest BCUT2D eigenvalue weighted by molar-refractivity contribution is -0.139. The molecule has 1 aliphatic rings. The molecule has 322 valence electrons. The number of aliphatic hydroxyl groups excluding tert-OH is 1. The van der Waals surface area contributed by atoms with Gasteiger partial charge in [0.15, 0.2) is 0 Å². The van der Waals surface area contributed by atoms with Gasteiger partial charge in [0.25, 0.3) is 0 Å². The van der Waals surface area contributed by atoms with Crippen molar-refractivity contribution in [3.8, 4) is 0 Å². The third kappa shape index (κ3) is 15.9. The van der Waals surface area contributed by atoms with Crippen molar-refractivity contribution in [2.45, 2.75) is 122 Å². The van der Waals surface area contributed by atoms with Crippen molar-refractivity contribution >= 4 is 43.3 Å². The van der Waals surface area contributed by atoms with Crippen LogP contribution in [0.5, 0.6) is 0 Å². The van der Waals surface area contributed by atoms with Crippen molar-refractivity contribution in [3.05, 3.63) is 54.1 Å². The molecule has 1 aromatic carbocycles. The molecule has 0 spiro atoms. The first kappa shape index (κ1) is 47.7. The lowest BCUT2D eigenvalue weighted by atomic mass is 10.0. The van der Waals surface area contributed by atoms with Crippen molar-refractivity contribution in [3.63, 3.8) is 0 Å². The summed E-state index contributed by atoms with van der Waals surface area (Å²) in [7, 11) is -4.71.